The van der Waals surface area contributed by atoms with Crippen molar-refractivity contribution in [3.63, 3.8) is 0 Å². The lowest BCUT2D eigenvalue weighted by Gasteiger charge is -2.37. The maximum Gasteiger partial charge on any atom is 0.247 e. The third-order valence-electron chi connectivity index (χ3n) is 7.12. The number of methoxy groups -OCH3 is 1. The molecule has 3 aromatic rings. The molecule has 0 saturated carbocycles. The molecule has 1 aliphatic heterocycles. The molecule has 1 N–H and O–H groups in total. The smallest absolute Gasteiger partial charge is 0.247 e. The number of hydrogen-bond acceptors (Lipinski definition) is 8. The van der Waals surface area contributed by atoms with Gasteiger partial charge in [-0.05, 0) is 74.9 Å². The number of carbonyl (C=O) groups excluding carboxylic acids is 2. The van der Waals surface area contributed by atoms with E-state index in [1.54, 1.807) is 30.2 Å². The summed E-state index contributed by atoms with van der Waals surface area (Å²) in [6.45, 7) is 4.24. The number of hydrogen-bond donors (Lipinski definition) is 1. The van der Waals surface area contributed by atoms with E-state index in [2.05, 4.69) is 27.4 Å². The standard InChI is InChI=1S/C31H34N4O5S/c1-20-15-21(2)33-31(32-20)41-18-28(36)35(17-22-9-12-25(38-3)13-10-22)29(23-7-5-4-6-8-23)30(37)34-24-11-14-26-27(16-24)40-19-39-26/h4-5,9-16,23,29H,6-8,17-19H2,1-3H3,(H,34,37)/t23-,29-/m1/s1. The van der Waals surface area contributed by atoms with Crippen molar-refractivity contribution in [2.75, 3.05) is 25.0 Å². The minimum atomic E-state index is -0.694. The average Bonchev–Trinajstić information content (AvgIpc) is 3.44. The third kappa shape index (κ3) is 7.18. The van der Waals surface area contributed by atoms with Crippen LogP contribution in [-0.4, -0.2) is 52.4 Å². The van der Waals surface area contributed by atoms with Gasteiger partial charge in [0.2, 0.25) is 18.6 Å². The Morgan fingerprint density at radius 2 is 1.80 bits per heavy atom. The number of aryl methyl sites for hydroxylation is 2. The van der Waals surface area contributed by atoms with Gasteiger partial charge in [-0.2, -0.15) is 0 Å². The molecule has 5 rings (SSSR count). The Labute approximate surface area is 244 Å². The van der Waals surface area contributed by atoms with E-state index in [9.17, 15) is 9.59 Å². The topological polar surface area (TPSA) is 103 Å². The van der Waals surface area contributed by atoms with Gasteiger partial charge in [-0.1, -0.05) is 36.0 Å². The van der Waals surface area contributed by atoms with Crippen LogP contribution in [0.5, 0.6) is 17.2 Å². The lowest BCUT2D eigenvalue weighted by atomic mass is 9.86. The van der Waals surface area contributed by atoms with Gasteiger partial charge >= 0.3 is 0 Å². The van der Waals surface area contributed by atoms with Crippen molar-refractivity contribution in [3.8, 4) is 17.2 Å². The summed E-state index contributed by atoms with van der Waals surface area (Å²) in [7, 11) is 1.62. The van der Waals surface area contributed by atoms with Gasteiger partial charge in [-0.3, -0.25) is 9.59 Å². The molecule has 0 saturated heterocycles. The number of ether oxygens (including phenoxy) is 3. The normalized spacial score (nSPS) is 16.2. The van der Waals surface area contributed by atoms with Crippen LogP contribution in [0.3, 0.4) is 0 Å². The number of nitrogens with zero attached hydrogens (tertiary/aromatic N) is 3. The quantitative estimate of drug-likeness (QED) is 0.197. The van der Waals surface area contributed by atoms with E-state index in [4.69, 9.17) is 14.2 Å². The van der Waals surface area contributed by atoms with Crippen LogP contribution in [0.25, 0.3) is 0 Å². The molecule has 2 heterocycles. The van der Waals surface area contributed by atoms with Gasteiger partial charge < -0.3 is 24.4 Å². The molecule has 0 fully saturated rings. The van der Waals surface area contributed by atoms with Gasteiger partial charge in [0.05, 0.1) is 12.9 Å². The van der Waals surface area contributed by atoms with Crippen molar-refractivity contribution in [1.29, 1.82) is 0 Å². The Hall–Kier alpha value is -4.05. The van der Waals surface area contributed by atoms with Crippen LogP contribution in [0.1, 0.15) is 36.2 Å². The predicted octanol–water partition coefficient (Wildman–Crippen LogP) is 5.32. The molecular weight excluding hydrogens is 540 g/mol. The lowest BCUT2D eigenvalue weighted by Crippen LogP contribution is -2.51. The maximum atomic E-state index is 14.1. The van der Waals surface area contributed by atoms with Gasteiger partial charge in [-0.25, -0.2) is 9.97 Å². The molecule has 2 aliphatic rings. The number of anilines is 1. The Balaban J connectivity index is 1.44. The molecule has 0 spiro atoms. The molecular formula is C31H34N4O5S. The van der Waals surface area contributed by atoms with E-state index in [1.165, 1.54) is 11.8 Å². The second-order valence-electron chi connectivity index (χ2n) is 10.1. The highest BCUT2D eigenvalue weighted by Gasteiger charge is 2.37. The summed E-state index contributed by atoms with van der Waals surface area (Å²) in [5.74, 6) is 1.61. The molecule has 1 aromatic heterocycles. The van der Waals surface area contributed by atoms with Crippen LogP contribution in [0.2, 0.25) is 0 Å². The highest BCUT2D eigenvalue weighted by molar-refractivity contribution is 7.99. The zero-order valence-electron chi connectivity index (χ0n) is 23.5. The summed E-state index contributed by atoms with van der Waals surface area (Å²) >= 11 is 1.29. The van der Waals surface area contributed by atoms with Crippen LogP contribution in [0.15, 0.2) is 65.8 Å². The van der Waals surface area contributed by atoms with Gasteiger partial charge in [0.1, 0.15) is 11.8 Å². The van der Waals surface area contributed by atoms with Crippen LogP contribution in [-0.2, 0) is 16.1 Å². The second kappa shape index (κ2) is 13.1. The van der Waals surface area contributed by atoms with E-state index in [0.717, 1.165) is 35.5 Å². The number of amides is 2. The van der Waals surface area contributed by atoms with E-state index >= 15 is 0 Å². The first-order valence-corrected chi connectivity index (χ1v) is 14.6. The number of nitrogens with one attached hydrogen (secondary N) is 1. The van der Waals surface area contributed by atoms with Crippen molar-refractivity contribution in [2.45, 2.75) is 50.9 Å². The first-order valence-electron chi connectivity index (χ1n) is 13.6. The predicted molar refractivity (Wildman–Crippen MR) is 157 cm³/mol. The minimum absolute atomic E-state index is 0.0429. The fraction of sp³-hybridized carbons (Fsp3) is 0.355. The Kier molecular flexibility index (Phi) is 9.08. The van der Waals surface area contributed by atoms with Crippen molar-refractivity contribution >= 4 is 29.3 Å². The number of thioether (sulfide) groups is 1. The minimum Gasteiger partial charge on any atom is -0.497 e. The SMILES string of the molecule is COc1ccc(CN(C(=O)CSc2nc(C)cc(C)n2)[C@@H](C(=O)Nc2ccc3c(c2)OCO3)[C@@H]2CC=CCC2)cc1. The van der Waals surface area contributed by atoms with E-state index in [-0.39, 0.29) is 36.8 Å². The zero-order valence-corrected chi connectivity index (χ0v) is 24.3. The number of carbonyl (C=O) groups is 2. The number of allylic oxidation sites excluding steroid dienone is 2. The number of benzene rings is 2. The maximum absolute atomic E-state index is 14.1. The lowest BCUT2D eigenvalue weighted by molar-refractivity contribution is -0.139. The molecule has 0 bridgehead atoms. The Morgan fingerprint density at radius 1 is 1.05 bits per heavy atom. The number of fused-ring (bicyclic) bond motifs is 1. The summed E-state index contributed by atoms with van der Waals surface area (Å²) in [5, 5.41) is 3.60. The molecule has 214 valence electrons. The van der Waals surface area contributed by atoms with Crippen LogP contribution in [0.4, 0.5) is 5.69 Å². The first kappa shape index (κ1) is 28.5. The van der Waals surface area contributed by atoms with Gasteiger partial charge in [0, 0.05) is 29.7 Å². The summed E-state index contributed by atoms with van der Waals surface area (Å²) in [6, 6.07) is 14.1. The molecule has 2 atom stereocenters. The van der Waals surface area contributed by atoms with Crippen LogP contribution >= 0.6 is 11.8 Å². The van der Waals surface area contributed by atoms with E-state index in [1.807, 2.05) is 44.2 Å². The van der Waals surface area contributed by atoms with Crippen molar-refractivity contribution in [1.82, 2.24) is 14.9 Å². The van der Waals surface area contributed by atoms with Crippen molar-refractivity contribution in [3.05, 3.63) is 77.6 Å². The Bertz CT molecular complexity index is 1410. The van der Waals surface area contributed by atoms with Crippen molar-refractivity contribution in [2.24, 2.45) is 5.92 Å². The summed E-state index contributed by atoms with van der Waals surface area (Å²) in [4.78, 5) is 38.7. The molecule has 2 aromatic carbocycles. The molecule has 0 radical (unpaired) electrons. The van der Waals surface area contributed by atoms with Gasteiger partial charge in [0.25, 0.3) is 0 Å². The summed E-state index contributed by atoms with van der Waals surface area (Å²) < 4.78 is 16.2. The molecule has 2 amide bonds. The van der Waals surface area contributed by atoms with Crippen molar-refractivity contribution < 1.29 is 23.8 Å². The largest absolute Gasteiger partial charge is 0.497 e. The molecule has 1 aliphatic carbocycles. The molecule has 41 heavy (non-hydrogen) atoms. The van der Waals surface area contributed by atoms with Gasteiger partial charge in [0.15, 0.2) is 16.7 Å². The third-order valence-corrected chi connectivity index (χ3v) is 7.95. The highest BCUT2D eigenvalue weighted by atomic mass is 32.2. The zero-order chi connectivity index (χ0) is 28.8. The number of aromatic nitrogens is 2. The fourth-order valence-corrected chi connectivity index (χ4v) is 5.98. The Morgan fingerprint density at radius 3 is 2.51 bits per heavy atom. The van der Waals surface area contributed by atoms with Crippen LogP contribution in [0, 0.1) is 19.8 Å². The molecule has 0 unspecified atom stereocenters. The first-order chi connectivity index (χ1) is 19.9. The highest BCUT2D eigenvalue weighted by Crippen LogP contribution is 2.35. The average molecular weight is 575 g/mol. The van der Waals surface area contributed by atoms with E-state index in [0.29, 0.717) is 28.8 Å². The fourth-order valence-electron chi connectivity index (χ4n) is 5.14. The molecule has 9 nitrogen and oxygen atoms in total. The summed E-state index contributed by atoms with van der Waals surface area (Å²) in [6.07, 6.45) is 6.60. The summed E-state index contributed by atoms with van der Waals surface area (Å²) in [5.41, 5.74) is 3.18. The van der Waals surface area contributed by atoms with E-state index < -0.39 is 6.04 Å². The van der Waals surface area contributed by atoms with Gasteiger partial charge in [-0.15, -0.1) is 0 Å². The molecule has 10 heteroatoms. The van der Waals surface area contributed by atoms with Crippen LogP contribution < -0.4 is 19.5 Å². The number of rotatable bonds is 10. The monoisotopic (exact) mass is 574 g/mol. The second-order valence-corrected chi connectivity index (χ2v) is 11.1.